The van der Waals surface area contributed by atoms with Gasteiger partial charge in [-0.15, -0.1) is 5.10 Å². The number of hydrogen-bond acceptors (Lipinski definition) is 7. The van der Waals surface area contributed by atoms with Crippen molar-refractivity contribution in [1.82, 2.24) is 34.4 Å². The first-order valence-corrected chi connectivity index (χ1v) is 11.7. The largest absolute Gasteiger partial charge is 0.497 e. The van der Waals surface area contributed by atoms with Crippen LogP contribution >= 0.6 is 30.3 Å². The number of methoxy groups -OCH3 is 1. The average molecular weight is 529 g/mol. The molecule has 0 atom stereocenters. The van der Waals surface area contributed by atoms with Crippen molar-refractivity contribution in [1.29, 1.82) is 0 Å². The molecule has 0 bridgehead atoms. The Bertz CT molecular complexity index is 1160. The van der Waals surface area contributed by atoms with Crippen LogP contribution in [0.2, 0.25) is 0 Å². The SMILES string of the molecule is COc1ccc(Cn2nnnc2C(F)(F)c2cnc3c(C)nn(SI)c3c2)cc1. The number of hydrogen-bond donors (Lipinski definition) is 0. The van der Waals surface area contributed by atoms with Crippen molar-refractivity contribution in [3.05, 3.63) is 59.2 Å². The molecule has 0 aliphatic rings. The van der Waals surface area contributed by atoms with Gasteiger partial charge in [0.1, 0.15) is 16.8 Å². The summed E-state index contributed by atoms with van der Waals surface area (Å²) in [4.78, 5) is 4.19. The maximum Gasteiger partial charge on any atom is 0.335 e. The number of ether oxygens (including phenoxy) is 1. The van der Waals surface area contributed by atoms with Crippen LogP contribution in [0.1, 0.15) is 22.6 Å². The van der Waals surface area contributed by atoms with Crippen LogP contribution in [0.4, 0.5) is 8.78 Å². The first-order valence-electron chi connectivity index (χ1n) is 8.36. The normalized spacial score (nSPS) is 11.9. The number of tetrazole rings is 1. The summed E-state index contributed by atoms with van der Waals surface area (Å²) in [6.07, 6.45) is 1.14. The molecule has 0 aliphatic heterocycles. The Balaban J connectivity index is 1.71. The molecule has 4 aromatic rings. The van der Waals surface area contributed by atoms with E-state index in [4.69, 9.17) is 4.74 Å². The molecule has 3 heterocycles. The fourth-order valence-electron chi connectivity index (χ4n) is 2.91. The summed E-state index contributed by atoms with van der Waals surface area (Å²) in [5, 5.41) is 15.1. The lowest BCUT2D eigenvalue weighted by Crippen LogP contribution is -2.23. The van der Waals surface area contributed by atoms with Gasteiger partial charge in [-0.2, -0.15) is 18.0 Å². The Morgan fingerprint density at radius 3 is 2.69 bits per heavy atom. The molecule has 0 fully saturated rings. The molecule has 0 amide bonds. The number of aromatic nitrogens is 7. The summed E-state index contributed by atoms with van der Waals surface area (Å²) in [5.74, 6) is -3.31. The van der Waals surface area contributed by atoms with Crippen molar-refractivity contribution in [2.24, 2.45) is 0 Å². The Morgan fingerprint density at radius 2 is 2.00 bits per heavy atom. The first kappa shape index (κ1) is 19.9. The Hall–Kier alpha value is -2.35. The Morgan fingerprint density at radius 1 is 1.24 bits per heavy atom. The van der Waals surface area contributed by atoms with Crippen LogP contribution in [-0.2, 0) is 12.5 Å². The van der Waals surface area contributed by atoms with Crippen molar-refractivity contribution < 1.29 is 13.5 Å². The van der Waals surface area contributed by atoms with E-state index in [1.165, 1.54) is 15.2 Å². The van der Waals surface area contributed by atoms with Gasteiger partial charge in [-0.3, -0.25) is 4.98 Å². The summed E-state index contributed by atoms with van der Waals surface area (Å²) in [7, 11) is 2.84. The second-order valence-corrected chi connectivity index (χ2v) is 7.87. The molecule has 150 valence electrons. The smallest absolute Gasteiger partial charge is 0.335 e. The fourth-order valence-corrected chi connectivity index (χ4v) is 4.18. The highest BCUT2D eigenvalue weighted by atomic mass is 127. The van der Waals surface area contributed by atoms with Crippen LogP contribution < -0.4 is 4.74 Å². The van der Waals surface area contributed by atoms with Crippen molar-refractivity contribution in [3.63, 3.8) is 0 Å². The van der Waals surface area contributed by atoms with Crippen LogP contribution in [-0.4, -0.2) is 41.5 Å². The third-order valence-electron chi connectivity index (χ3n) is 4.39. The zero-order valence-electron chi connectivity index (χ0n) is 15.3. The standard InChI is InChI=1S/C17H14F2IN7OS/c1-10-15-14(27(23-10)29-20)7-12(8-21-15)17(18,19)16-22-24-25-26(16)9-11-3-5-13(28-2)6-4-11/h3-8H,9H2,1-2H3. The quantitative estimate of drug-likeness (QED) is 0.352. The molecule has 0 aliphatic carbocycles. The second kappa shape index (κ2) is 7.82. The zero-order valence-corrected chi connectivity index (χ0v) is 18.2. The van der Waals surface area contributed by atoms with Gasteiger partial charge in [0.2, 0.25) is 5.82 Å². The number of halogens is 3. The molecule has 4 rings (SSSR count). The molecular formula is C17H14F2IN7OS. The van der Waals surface area contributed by atoms with Crippen LogP contribution in [0.3, 0.4) is 0 Å². The number of benzene rings is 1. The fraction of sp³-hybridized carbons (Fsp3) is 0.235. The van der Waals surface area contributed by atoms with E-state index in [1.54, 1.807) is 42.4 Å². The van der Waals surface area contributed by atoms with Crippen molar-refractivity contribution in [2.75, 3.05) is 7.11 Å². The van der Waals surface area contributed by atoms with E-state index in [9.17, 15) is 0 Å². The molecule has 3 aromatic heterocycles. The van der Waals surface area contributed by atoms with E-state index in [2.05, 4.69) is 25.6 Å². The highest BCUT2D eigenvalue weighted by Crippen LogP contribution is 2.36. The molecular weight excluding hydrogens is 515 g/mol. The van der Waals surface area contributed by atoms with Crippen LogP contribution in [0.5, 0.6) is 5.75 Å². The molecule has 1 aromatic carbocycles. The van der Waals surface area contributed by atoms with E-state index in [1.807, 2.05) is 21.2 Å². The van der Waals surface area contributed by atoms with E-state index in [0.717, 1.165) is 16.4 Å². The van der Waals surface area contributed by atoms with E-state index in [0.29, 0.717) is 22.5 Å². The monoisotopic (exact) mass is 529 g/mol. The molecule has 29 heavy (non-hydrogen) atoms. The molecule has 0 N–H and O–H groups in total. The minimum Gasteiger partial charge on any atom is -0.497 e. The molecule has 0 saturated carbocycles. The maximum atomic E-state index is 15.3. The minimum absolute atomic E-state index is 0.0955. The highest BCUT2D eigenvalue weighted by Gasteiger charge is 2.41. The minimum atomic E-state index is -3.43. The van der Waals surface area contributed by atoms with Crippen molar-refractivity contribution in [2.45, 2.75) is 19.4 Å². The summed E-state index contributed by atoms with van der Waals surface area (Å²) < 4.78 is 38.4. The van der Waals surface area contributed by atoms with E-state index < -0.39 is 11.7 Å². The number of rotatable bonds is 6. The van der Waals surface area contributed by atoms with Gasteiger partial charge in [-0.25, -0.2) is 4.68 Å². The molecule has 0 spiro atoms. The number of alkyl halides is 2. The van der Waals surface area contributed by atoms with Gasteiger partial charge in [-0.05, 0) is 41.1 Å². The highest BCUT2D eigenvalue weighted by molar-refractivity contribution is 14.2. The van der Waals surface area contributed by atoms with E-state index in [-0.39, 0.29) is 12.1 Å². The summed E-state index contributed by atoms with van der Waals surface area (Å²) in [6, 6.07) is 8.42. The molecule has 12 heteroatoms. The van der Waals surface area contributed by atoms with Gasteiger partial charge in [-0.1, -0.05) is 12.1 Å². The predicted molar refractivity (Wildman–Crippen MR) is 112 cm³/mol. The molecule has 0 saturated heterocycles. The zero-order chi connectivity index (χ0) is 20.6. The van der Waals surface area contributed by atoms with Crippen LogP contribution in [0.15, 0.2) is 36.5 Å². The topological polar surface area (TPSA) is 83.5 Å². The average Bonchev–Trinajstić information content (AvgIpc) is 3.33. The number of nitrogens with zero attached hydrogens (tertiary/aromatic N) is 7. The lowest BCUT2D eigenvalue weighted by molar-refractivity contribution is 0.0278. The predicted octanol–water partition coefficient (Wildman–Crippen LogP) is 3.77. The lowest BCUT2D eigenvalue weighted by Gasteiger charge is -2.16. The van der Waals surface area contributed by atoms with Crippen molar-refractivity contribution in [3.8, 4) is 5.75 Å². The van der Waals surface area contributed by atoms with Crippen molar-refractivity contribution >= 4 is 41.4 Å². The van der Waals surface area contributed by atoms with Crippen LogP contribution in [0, 0.1) is 6.92 Å². The summed E-state index contributed by atoms with van der Waals surface area (Å²) in [6.45, 7) is 1.88. The maximum absolute atomic E-state index is 15.3. The van der Waals surface area contributed by atoms with Gasteiger partial charge < -0.3 is 4.74 Å². The lowest BCUT2D eigenvalue weighted by atomic mass is 10.1. The number of fused-ring (bicyclic) bond motifs is 1. The van der Waals surface area contributed by atoms with Gasteiger partial charge >= 0.3 is 5.92 Å². The number of aryl methyl sites for hydroxylation is 1. The second-order valence-electron chi connectivity index (χ2n) is 6.20. The Kier molecular flexibility index (Phi) is 5.38. The van der Waals surface area contributed by atoms with Crippen LogP contribution in [0.25, 0.3) is 11.0 Å². The first-order chi connectivity index (χ1) is 13.9. The molecule has 0 radical (unpaired) electrons. The molecule has 0 unspecified atom stereocenters. The third-order valence-corrected chi connectivity index (χ3v) is 5.92. The van der Waals surface area contributed by atoms with E-state index >= 15 is 8.78 Å². The van der Waals surface area contributed by atoms with Gasteiger partial charge in [0.05, 0.1) is 19.3 Å². The summed E-state index contributed by atoms with van der Waals surface area (Å²) in [5.41, 5.74) is 2.21. The third kappa shape index (κ3) is 3.66. The summed E-state index contributed by atoms with van der Waals surface area (Å²) >= 11 is 2.04. The van der Waals surface area contributed by atoms with Gasteiger partial charge in [0, 0.05) is 42.1 Å². The molecule has 8 nitrogen and oxygen atoms in total. The van der Waals surface area contributed by atoms with Gasteiger partial charge in [0.25, 0.3) is 0 Å². The van der Waals surface area contributed by atoms with Gasteiger partial charge in [0.15, 0.2) is 0 Å². The number of pyridine rings is 1. The Labute approximate surface area is 180 Å².